The van der Waals surface area contributed by atoms with Gasteiger partial charge < -0.3 is 9.64 Å². The average molecular weight is 267 g/mol. The van der Waals surface area contributed by atoms with Crippen LogP contribution >= 0.6 is 0 Å². The Balaban J connectivity index is 2.64. The van der Waals surface area contributed by atoms with Crippen LogP contribution in [-0.2, 0) is 16.6 Å². The van der Waals surface area contributed by atoms with Crippen molar-refractivity contribution >= 4 is 11.9 Å². The monoisotopic (exact) mass is 267 g/mol. The molecule has 0 fully saturated rings. The predicted octanol–water partition coefficient (Wildman–Crippen LogP) is -0.194. The molecule has 1 amide bonds. The molecule has 0 saturated carbocycles. The number of esters is 1. The molecule has 0 aliphatic carbocycles. The fourth-order valence-electron chi connectivity index (χ4n) is 1.41. The summed E-state index contributed by atoms with van der Waals surface area (Å²) in [4.78, 5) is 35.7. The maximum Gasteiger partial charge on any atom is 0.307 e. The quantitative estimate of drug-likeness (QED) is 0.690. The molecule has 0 radical (unpaired) electrons. The molecule has 0 aliphatic heterocycles. The third-order valence-electron chi connectivity index (χ3n) is 2.48. The highest BCUT2D eigenvalue weighted by molar-refractivity contribution is 5.92. The number of hydrogen-bond acceptors (Lipinski definition) is 5. The molecule has 0 unspecified atom stereocenters. The van der Waals surface area contributed by atoms with Crippen LogP contribution in [0.2, 0.25) is 0 Å². The van der Waals surface area contributed by atoms with Crippen LogP contribution in [0.5, 0.6) is 0 Å². The number of rotatable bonds is 5. The topological polar surface area (TPSA) is 81.5 Å². The smallest absolute Gasteiger partial charge is 0.307 e. The number of aryl methyl sites for hydroxylation is 1. The number of nitrogens with zero attached hydrogens (tertiary/aromatic N) is 3. The minimum Gasteiger partial charge on any atom is -0.466 e. The zero-order chi connectivity index (χ0) is 14.4. The second-order valence-electron chi connectivity index (χ2n) is 3.96. The van der Waals surface area contributed by atoms with E-state index < -0.39 is 0 Å². The van der Waals surface area contributed by atoms with Gasteiger partial charge in [-0.25, -0.2) is 4.68 Å². The molecule has 7 heteroatoms. The first-order valence-electron chi connectivity index (χ1n) is 5.91. The number of hydrogen-bond donors (Lipinski definition) is 0. The van der Waals surface area contributed by atoms with Crippen LogP contribution in [0.4, 0.5) is 0 Å². The lowest BCUT2D eigenvalue weighted by atomic mass is 10.3. The molecule has 0 spiro atoms. The Morgan fingerprint density at radius 3 is 2.68 bits per heavy atom. The summed E-state index contributed by atoms with van der Waals surface area (Å²) in [7, 11) is 3.03. The highest BCUT2D eigenvalue weighted by Gasteiger charge is 2.15. The third kappa shape index (κ3) is 4.20. The average Bonchev–Trinajstić information content (AvgIpc) is 2.38. The van der Waals surface area contributed by atoms with Crippen LogP contribution in [0.25, 0.3) is 0 Å². The molecule has 1 aromatic heterocycles. The summed E-state index contributed by atoms with van der Waals surface area (Å²) < 4.78 is 5.86. The molecule has 104 valence electrons. The molecular formula is C12H17N3O4. The van der Waals surface area contributed by atoms with E-state index in [-0.39, 0.29) is 36.1 Å². The first kappa shape index (κ1) is 14.9. The fraction of sp³-hybridized carbons (Fsp3) is 0.500. The largest absolute Gasteiger partial charge is 0.466 e. The van der Waals surface area contributed by atoms with Gasteiger partial charge in [-0.05, 0) is 13.0 Å². The van der Waals surface area contributed by atoms with Gasteiger partial charge in [-0.15, -0.1) is 0 Å². The van der Waals surface area contributed by atoms with E-state index in [1.54, 1.807) is 14.0 Å². The standard InChI is InChI=1S/C12H17N3O4/c1-4-19-11(17)7-8-14(2)12(18)9-5-6-10(16)15(3)13-9/h5-6H,4,7-8H2,1-3H3. The van der Waals surface area contributed by atoms with Gasteiger partial charge in [0.2, 0.25) is 0 Å². The zero-order valence-electron chi connectivity index (χ0n) is 11.3. The predicted molar refractivity (Wildman–Crippen MR) is 67.7 cm³/mol. The van der Waals surface area contributed by atoms with E-state index >= 15 is 0 Å². The van der Waals surface area contributed by atoms with Crippen LogP contribution in [0.15, 0.2) is 16.9 Å². The van der Waals surface area contributed by atoms with Gasteiger partial charge in [0, 0.05) is 26.7 Å². The Labute approximate surface area is 110 Å². The van der Waals surface area contributed by atoms with Crippen molar-refractivity contribution in [2.24, 2.45) is 7.05 Å². The number of amides is 1. The maximum atomic E-state index is 12.0. The van der Waals surface area contributed by atoms with Crippen molar-refractivity contribution in [2.75, 3.05) is 20.2 Å². The van der Waals surface area contributed by atoms with Crippen LogP contribution in [0.1, 0.15) is 23.8 Å². The van der Waals surface area contributed by atoms with Gasteiger partial charge in [0.25, 0.3) is 11.5 Å². The van der Waals surface area contributed by atoms with Crippen molar-refractivity contribution in [3.8, 4) is 0 Å². The number of carbonyl (C=O) groups is 2. The van der Waals surface area contributed by atoms with Crippen LogP contribution in [0.3, 0.4) is 0 Å². The van der Waals surface area contributed by atoms with E-state index in [1.165, 1.54) is 24.1 Å². The molecular weight excluding hydrogens is 250 g/mol. The van der Waals surface area contributed by atoms with Crippen LogP contribution in [0, 0.1) is 0 Å². The van der Waals surface area contributed by atoms with Gasteiger partial charge in [0.05, 0.1) is 13.0 Å². The lowest BCUT2D eigenvalue weighted by molar-refractivity contribution is -0.143. The second-order valence-corrected chi connectivity index (χ2v) is 3.96. The lowest BCUT2D eigenvalue weighted by Crippen LogP contribution is -2.32. The van der Waals surface area contributed by atoms with E-state index in [0.29, 0.717) is 6.61 Å². The van der Waals surface area contributed by atoms with Crippen molar-refractivity contribution in [1.82, 2.24) is 14.7 Å². The van der Waals surface area contributed by atoms with E-state index in [0.717, 1.165) is 4.68 Å². The summed E-state index contributed by atoms with van der Waals surface area (Å²) in [5.74, 6) is -0.699. The minimum absolute atomic E-state index is 0.127. The maximum absolute atomic E-state index is 12.0. The zero-order valence-corrected chi connectivity index (χ0v) is 11.3. The molecule has 0 atom stereocenters. The van der Waals surface area contributed by atoms with Gasteiger partial charge in [0.1, 0.15) is 5.69 Å². The molecule has 7 nitrogen and oxygen atoms in total. The summed E-state index contributed by atoms with van der Waals surface area (Å²) in [6.45, 7) is 2.28. The molecule has 0 aromatic carbocycles. The molecule has 1 rings (SSSR count). The molecule has 0 aliphatic rings. The molecule has 19 heavy (non-hydrogen) atoms. The Bertz CT molecular complexity index is 524. The first-order chi connectivity index (χ1) is 8.95. The number of ether oxygens (including phenoxy) is 1. The summed E-state index contributed by atoms with van der Waals surface area (Å²) in [5, 5.41) is 3.85. The van der Waals surface area contributed by atoms with Crippen LogP contribution in [-0.4, -0.2) is 46.8 Å². The number of carbonyl (C=O) groups excluding carboxylic acids is 2. The highest BCUT2D eigenvalue weighted by atomic mass is 16.5. The van der Waals surface area contributed by atoms with E-state index in [1.807, 2.05) is 0 Å². The SMILES string of the molecule is CCOC(=O)CCN(C)C(=O)c1ccc(=O)n(C)n1. The third-order valence-corrected chi connectivity index (χ3v) is 2.48. The van der Waals surface area contributed by atoms with Crippen LogP contribution < -0.4 is 5.56 Å². The molecule has 1 heterocycles. The molecule has 0 bridgehead atoms. The molecule has 0 saturated heterocycles. The molecule has 1 aromatic rings. The van der Waals surface area contributed by atoms with Gasteiger partial charge in [0.15, 0.2) is 0 Å². The Kier molecular flexibility index (Phi) is 5.23. The fourth-order valence-corrected chi connectivity index (χ4v) is 1.41. The Morgan fingerprint density at radius 2 is 2.11 bits per heavy atom. The van der Waals surface area contributed by atoms with Gasteiger partial charge in [-0.3, -0.25) is 14.4 Å². The summed E-state index contributed by atoms with van der Waals surface area (Å²) in [6.07, 6.45) is 0.127. The highest BCUT2D eigenvalue weighted by Crippen LogP contribution is 1.99. The minimum atomic E-state index is -0.351. The molecule has 0 N–H and O–H groups in total. The normalized spacial score (nSPS) is 10.1. The lowest BCUT2D eigenvalue weighted by Gasteiger charge is -2.16. The first-order valence-corrected chi connectivity index (χ1v) is 5.91. The van der Waals surface area contributed by atoms with E-state index in [2.05, 4.69) is 5.10 Å². The number of aromatic nitrogens is 2. The van der Waals surface area contributed by atoms with E-state index in [9.17, 15) is 14.4 Å². The van der Waals surface area contributed by atoms with Crippen molar-refractivity contribution in [3.63, 3.8) is 0 Å². The van der Waals surface area contributed by atoms with Gasteiger partial charge >= 0.3 is 5.97 Å². The summed E-state index contributed by atoms with van der Waals surface area (Å²) in [5.41, 5.74) is -0.126. The van der Waals surface area contributed by atoms with E-state index in [4.69, 9.17) is 4.74 Å². The van der Waals surface area contributed by atoms with Crippen molar-refractivity contribution in [1.29, 1.82) is 0 Å². The van der Waals surface area contributed by atoms with Crippen molar-refractivity contribution < 1.29 is 14.3 Å². The van der Waals surface area contributed by atoms with Gasteiger partial charge in [-0.2, -0.15) is 5.10 Å². The Morgan fingerprint density at radius 1 is 1.42 bits per heavy atom. The van der Waals surface area contributed by atoms with Gasteiger partial charge in [-0.1, -0.05) is 0 Å². The summed E-state index contributed by atoms with van der Waals surface area (Å²) >= 11 is 0. The van der Waals surface area contributed by atoms with Crippen molar-refractivity contribution in [3.05, 3.63) is 28.2 Å². The van der Waals surface area contributed by atoms with Crippen molar-refractivity contribution in [2.45, 2.75) is 13.3 Å². The Hall–Kier alpha value is -2.18. The second kappa shape index (κ2) is 6.67. The summed E-state index contributed by atoms with van der Waals surface area (Å²) in [6, 6.07) is 2.64.